The van der Waals surface area contributed by atoms with E-state index in [1.807, 2.05) is 13.8 Å². The number of hydrogen-bond acceptors (Lipinski definition) is 2. The zero-order chi connectivity index (χ0) is 4.99. The van der Waals surface area contributed by atoms with Gasteiger partial charge in [-0.2, -0.15) is 0 Å². The van der Waals surface area contributed by atoms with E-state index in [2.05, 4.69) is 4.65 Å². The fraction of sp³-hybridized carbons (Fsp3) is 1.00. The molecule has 2 nitrogen and oxygen atoms in total. The van der Waals surface area contributed by atoms with E-state index in [9.17, 15) is 0 Å². The molecule has 0 fully saturated rings. The summed E-state index contributed by atoms with van der Waals surface area (Å²) in [5, 5.41) is 8.01. The van der Waals surface area contributed by atoms with Crippen molar-refractivity contribution in [1.29, 1.82) is 0 Å². The highest BCUT2D eigenvalue weighted by Gasteiger charge is 1.87. The second kappa shape index (κ2) is 3.19. The molecule has 0 aromatic heterocycles. The average Bonchev–Trinajstić information content (AvgIpc) is 1.35. The lowest BCUT2D eigenvalue weighted by molar-refractivity contribution is 0.219. The van der Waals surface area contributed by atoms with Crippen molar-refractivity contribution in [2.75, 3.05) is 0 Å². The molecule has 0 saturated carbocycles. The van der Waals surface area contributed by atoms with Gasteiger partial charge in [-0.1, -0.05) is 0 Å². The summed E-state index contributed by atoms with van der Waals surface area (Å²) in [5.41, 5.74) is 0. The Bertz CT molecular complexity index is 30.0. The van der Waals surface area contributed by atoms with Crippen molar-refractivity contribution in [3.63, 3.8) is 0 Å². The van der Waals surface area contributed by atoms with Gasteiger partial charge in [0.2, 0.25) is 0 Å². The molecule has 0 aromatic rings. The van der Waals surface area contributed by atoms with Crippen LogP contribution in [0.4, 0.5) is 0 Å². The van der Waals surface area contributed by atoms with Crippen LogP contribution in [0.3, 0.4) is 0 Å². The zero-order valence-corrected chi connectivity index (χ0v) is 4.14. The molecule has 0 heterocycles. The predicted octanol–water partition coefficient (Wildman–Crippen LogP) is -0.330. The fourth-order valence-corrected chi connectivity index (χ4v) is 0.149. The van der Waals surface area contributed by atoms with Crippen LogP contribution in [0.5, 0.6) is 0 Å². The van der Waals surface area contributed by atoms with Crippen LogP contribution < -0.4 is 0 Å². The van der Waals surface area contributed by atoms with E-state index in [0.717, 1.165) is 0 Å². The Kier molecular flexibility index (Phi) is 3.18. The Morgan fingerprint density at radius 3 is 2.17 bits per heavy atom. The molecule has 0 unspecified atom stereocenters. The molecule has 0 aliphatic heterocycles. The van der Waals surface area contributed by atoms with E-state index in [-0.39, 0.29) is 13.8 Å². The van der Waals surface area contributed by atoms with Gasteiger partial charge in [0.25, 0.3) is 0 Å². The van der Waals surface area contributed by atoms with E-state index >= 15 is 0 Å². The van der Waals surface area contributed by atoms with Crippen molar-refractivity contribution in [3.05, 3.63) is 0 Å². The van der Waals surface area contributed by atoms with Crippen LogP contribution in [-0.2, 0) is 4.65 Å². The zero-order valence-electron chi connectivity index (χ0n) is 4.14. The van der Waals surface area contributed by atoms with Crippen LogP contribution in [0.25, 0.3) is 0 Å². The van der Waals surface area contributed by atoms with Crippen molar-refractivity contribution < 1.29 is 9.68 Å². The lowest BCUT2D eigenvalue weighted by Crippen LogP contribution is -2.05. The van der Waals surface area contributed by atoms with Gasteiger partial charge in [-0.15, -0.1) is 0 Å². The van der Waals surface area contributed by atoms with Crippen LogP contribution in [0, 0.1) is 0 Å². The lowest BCUT2D eigenvalue weighted by Gasteiger charge is -1.98. The minimum atomic E-state index is -0.169. The molecule has 36 valence electrons. The molecule has 0 saturated heterocycles. The Labute approximate surface area is 38.4 Å². The Hall–Kier alpha value is -0.0151. The Morgan fingerprint density at radius 2 is 2.17 bits per heavy atom. The van der Waals surface area contributed by atoms with Crippen LogP contribution >= 0.6 is 0 Å². The standard InChI is InChI=1S/C3H9BO2/c1-3(2)6-4-5/h3-5H,1-2H3. The second-order valence-electron chi connectivity index (χ2n) is 1.34. The first kappa shape index (κ1) is 5.98. The van der Waals surface area contributed by atoms with E-state index < -0.39 is 0 Å². The monoisotopic (exact) mass is 88.1 g/mol. The first-order chi connectivity index (χ1) is 2.77. The minimum absolute atomic E-state index is 0.148. The summed E-state index contributed by atoms with van der Waals surface area (Å²) in [7, 11) is -0.169. The van der Waals surface area contributed by atoms with Crippen LogP contribution in [0.2, 0.25) is 0 Å². The molecular weight excluding hydrogens is 78.8 g/mol. The summed E-state index contributed by atoms with van der Waals surface area (Å²) in [5.74, 6) is 0. The third kappa shape index (κ3) is 3.98. The van der Waals surface area contributed by atoms with Crippen LogP contribution in [0.1, 0.15) is 13.8 Å². The summed E-state index contributed by atoms with van der Waals surface area (Å²) in [6.45, 7) is 3.74. The molecular formula is C3H9BO2. The third-order valence-corrected chi connectivity index (χ3v) is 0.408. The van der Waals surface area contributed by atoms with E-state index in [4.69, 9.17) is 5.02 Å². The average molecular weight is 87.9 g/mol. The highest BCUT2D eigenvalue weighted by atomic mass is 16.5. The quantitative estimate of drug-likeness (QED) is 0.468. The van der Waals surface area contributed by atoms with E-state index in [1.54, 1.807) is 0 Å². The van der Waals surface area contributed by atoms with Gasteiger partial charge in [0.1, 0.15) is 0 Å². The Balaban J connectivity index is 2.63. The number of hydrogen-bond donors (Lipinski definition) is 1. The maximum atomic E-state index is 8.01. The molecule has 0 radical (unpaired) electrons. The summed E-state index contributed by atoms with van der Waals surface area (Å²) in [6, 6.07) is 0. The van der Waals surface area contributed by atoms with Crippen LogP contribution in [-0.4, -0.2) is 18.8 Å². The molecule has 0 aromatic carbocycles. The molecule has 6 heavy (non-hydrogen) atoms. The topological polar surface area (TPSA) is 29.5 Å². The van der Waals surface area contributed by atoms with E-state index in [0.29, 0.717) is 0 Å². The van der Waals surface area contributed by atoms with E-state index in [1.165, 1.54) is 0 Å². The molecule has 0 spiro atoms. The Morgan fingerprint density at radius 1 is 1.67 bits per heavy atom. The third-order valence-electron chi connectivity index (χ3n) is 0.408. The van der Waals surface area contributed by atoms with Crippen molar-refractivity contribution in [2.45, 2.75) is 20.0 Å². The summed E-state index contributed by atoms with van der Waals surface area (Å²) >= 11 is 0. The molecule has 0 aliphatic carbocycles. The summed E-state index contributed by atoms with van der Waals surface area (Å²) < 4.78 is 4.60. The SMILES string of the molecule is CC(C)OBO. The fourth-order valence-electron chi connectivity index (χ4n) is 0.149. The molecule has 0 atom stereocenters. The van der Waals surface area contributed by atoms with Gasteiger partial charge in [-0.05, 0) is 13.8 Å². The summed E-state index contributed by atoms with van der Waals surface area (Å²) in [4.78, 5) is 0. The van der Waals surface area contributed by atoms with Crippen molar-refractivity contribution in [1.82, 2.24) is 0 Å². The molecule has 0 amide bonds. The maximum Gasteiger partial charge on any atom is 0.435 e. The minimum Gasteiger partial charge on any atom is -0.430 e. The first-order valence-corrected chi connectivity index (χ1v) is 2.00. The molecule has 0 aliphatic rings. The predicted molar refractivity (Wildman–Crippen MR) is 25.6 cm³/mol. The first-order valence-electron chi connectivity index (χ1n) is 2.00. The highest BCUT2D eigenvalue weighted by Crippen LogP contribution is 1.80. The molecule has 0 bridgehead atoms. The second-order valence-corrected chi connectivity index (χ2v) is 1.34. The maximum absolute atomic E-state index is 8.01. The van der Waals surface area contributed by atoms with Crippen molar-refractivity contribution in [2.24, 2.45) is 0 Å². The highest BCUT2D eigenvalue weighted by molar-refractivity contribution is 6.15. The van der Waals surface area contributed by atoms with Crippen molar-refractivity contribution in [3.8, 4) is 0 Å². The van der Waals surface area contributed by atoms with Gasteiger partial charge in [0.05, 0.1) is 0 Å². The van der Waals surface area contributed by atoms with Gasteiger partial charge >= 0.3 is 7.69 Å². The lowest BCUT2D eigenvalue weighted by atomic mass is 10.3. The smallest absolute Gasteiger partial charge is 0.430 e. The number of rotatable bonds is 2. The molecule has 1 N–H and O–H groups in total. The van der Waals surface area contributed by atoms with Gasteiger partial charge in [-0.3, -0.25) is 0 Å². The summed E-state index contributed by atoms with van der Waals surface area (Å²) in [6.07, 6.45) is 0.148. The molecule has 3 heteroatoms. The normalized spacial score (nSPS) is 9.33. The van der Waals surface area contributed by atoms with Gasteiger partial charge < -0.3 is 9.68 Å². The van der Waals surface area contributed by atoms with Crippen LogP contribution in [0.15, 0.2) is 0 Å². The van der Waals surface area contributed by atoms with Gasteiger partial charge in [-0.25, -0.2) is 0 Å². The molecule has 0 rings (SSSR count). The van der Waals surface area contributed by atoms with Crippen molar-refractivity contribution >= 4 is 7.69 Å². The van der Waals surface area contributed by atoms with Gasteiger partial charge in [0, 0.05) is 6.10 Å². The largest absolute Gasteiger partial charge is 0.435 e. The van der Waals surface area contributed by atoms with Gasteiger partial charge in [0.15, 0.2) is 0 Å².